The summed E-state index contributed by atoms with van der Waals surface area (Å²) in [5, 5.41) is 24.5. The quantitative estimate of drug-likeness (QED) is 0.149. The first-order valence-corrected chi connectivity index (χ1v) is 43.9. The van der Waals surface area contributed by atoms with Gasteiger partial charge in [-0.2, -0.15) is 0 Å². The summed E-state index contributed by atoms with van der Waals surface area (Å²) in [5.74, 6) is 0. The minimum absolute atomic E-state index is 0.0627. The molecule has 2 aliphatic rings. The second kappa shape index (κ2) is 26.6. The van der Waals surface area contributed by atoms with E-state index in [9.17, 15) is 0 Å². The van der Waals surface area contributed by atoms with Crippen LogP contribution in [0.4, 0.5) is 0 Å². The van der Waals surface area contributed by atoms with E-state index in [0.717, 1.165) is 76.9 Å². The average molecular weight is 1600 g/mol. The van der Waals surface area contributed by atoms with E-state index in [1.165, 1.54) is 196 Å². The Morgan fingerprint density at radius 2 is 0.516 bits per heavy atom. The van der Waals surface area contributed by atoms with Crippen molar-refractivity contribution in [3.05, 3.63) is 411 Å². The van der Waals surface area contributed by atoms with Crippen molar-refractivity contribution in [2.45, 2.75) is 38.5 Å². The van der Waals surface area contributed by atoms with Gasteiger partial charge >= 0.3 is 0 Å². The topological polar surface area (TPSA) is 39.4 Å². The highest BCUT2D eigenvalue weighted by Crippen LogP contribution is 2.57. The molecule has 124 heavy (non-hydrogen) atoms. The highest BCUT2D eigenvalue weighted by atomic mass is 32.1. The van der Waals surface area contributed by atoms with E-state index >= 15 is 0 Å². The lowest BCUT2D eigenvalue weighted by Gasteiger charge is -2.21. The van der Waals surface area contributed by atoms with Gasteiger partial charge in [0.25, 0.3) is 0 Å². The van der Waals surface area contributed by atoms with E-state index in [2.05, 4.69) is 404 Å². The summed E-state index contributed by atoms with van der Waals surface area (Å²) >= 11 is 1.90. The third-order valence-corrected chi connectivity index (χ3v) is 29.0. The van der Waals surface area contributed by atoms with Crippen molar-refractivity contribution in [3.63, 3.8) is 0 Å². The molecule has 580 valence electrons. The molecular formula is C120H76O3S. The molecule has 0 fully saturated rings. The summed E-state index contributed by atoms with van der Waals surface area (Å²) in [6.07, 6.45) is 0. The Hall–Kier alpha value is -15.2. The van der Waals surface area contributed by atoms with Gasteiger partial charge in [-0.3, -0.25) is 0 Å². The standard InChI is InChI=1S/C63H40O2.C57H36OS/c1-63(2)54-30-27-40(35-53(54)61-43-13-4-3-12-37(43)26-31-55(61)63)41-28-32-57-51(34-41)52-36-42(29-33-58(52)64-57)60-48-17-7-5-15-46(48)59(47-16-6-8-18-49(47)60)39-24-22-38(23-25-39)44-19-11-20-50-45-14-9-10-21-56(45)65-62(44)50;1-57(2)48-26-23-34(31-47(48)55-37-13-4-3-12-33(37)22-27-49(55)57)35-24-28-50-45(30-35)46-32-36(25-29-51(46)58-50)53-39-15-5-7-17-41(39)54(42-18-8-6-16-40(42)53)44-20-11-19-43-38-14-9-10-21-52(38)59-56(43)44/h3-36H,1-2H3;3-32H,1-2H3. The van der Waals surface area contributed by atoms with E-state index in [1.54, 1.807) is 0 Å². The van der Waals surface area contributed by atoms with E-state index < -0.39 is 0 Å². The van der Waals surface area contributed by atoms with Gasteiger partial charge in [-0.25, -0.2) is 0 Å². The maximum Gasteiger partial charge on any atom is 0.143 e. The predicted octanol–water partition coefficient (Wildman–Crippen LogP) is 34.6. The minimum Gasteiger partial charge on any atom is -0.456 e. The van der Waals surface area contributed by atoms with Crippen LogP contribution in [0.2, 0.25) is 0 Å². The number of hydrogen-bond donors (Lipinski definition) is 0. The highest BCUT2D eigenvalue weighted by molar-refractivity contribution is 7.26. The molecule has 0 radical (unpaired) electrons. The number of thiophene rings is 1. The van der Waals surface area contributed by atoms with Crippen molar-refractivity contribution in [1.82, 2.24) is 0 Å². The molecule has 0 spiro atoms. The van der Waals surface area contributed by atoms with Gasteiger partial charge in [-0.15, -0.1) is 11.3 Å². The summed E-state index contributed by atoms with van der Waals surface area (Å²) in [6, 6.07) is 143. The Balaban J connectivity index is 0.000000133. The molecule has 4 heterocycles. The smallest absolute Gasteiger partial charge is 0.143 e. The number of rotatable bonds is 7. The number of hydrogen-bond acceptors (Lipinski definition) is 4. The van der Waals surface area contributed by atoms with Gasteiger partial charge in [0.2, 0.25) is 0 Å². The third-order valence-electron chi connectivity index (χ3n) is 27.7. The Morgan fingerprint density at radius 3 is 1.00 bits per heavy atom. The molecule has 3 nitrogen and oxygen atoms in total. The van der Waals surface area contributed by atoms with E-state index in [0.29, 0.717) is 0 Å². The normalized spacial score (nSPS) is 13.3. The summed E-state index contributed by atoms with van der Waals surface area (Å²) in [7, 11) is 0. The molecular weight excluding hydrogens is 1520 g/mol. The van der Waals surface area contributed by atoms with Gasteiger partial charge < -0.3 is 13.3 Å². The van der Waals surface area contributed by atoms with E-state index in [1.807, 2.05) is 23.5 Å². The summed E-state index contributed by atoms with van der Waals surface area (Å²) in [6.45, 7) is 9.44. The molecule has 21 aromatic carbocycles. The molecule has 27 rings (SSSR count). The van der Waals surface area contributed by atoms with Gasteiger partial charge in [0, 0.05) is 74.4 Å². The van der Waals surface area contributed by atoms with Crippen molar-refractivity contribution in [3.8, 4) is 100 Å². The molecule has 0 aliphatic heterocycles. The molecule has 25 aromatic rings. The predicted molar refractivity (Wildman–Crippen MR) is 526 cm³/mol. The fraction of sp³-hybridized carbons (Fsp3) is 0.0500. The molecule has 4 heteroatoms. The van der Waals surface area contributed by atoms with Crippen LogP contribution in [-0.4, -0.2) is 0 Å². The fourth-order valence-corrected chi connectivity index (χ4v) is 23.1. The van der Waals surface area contributed by atoms with Crippen LogP contribution in [0.1, 0.15) is 49.9 Å². The number of benzene rings is 21. The molecule has 0 N–H and O–H groups in total. The average Bonchev–Trinajstić information content (AvgIpc) is 1.41. The van der Waals surface area contributed by atoms with Crippen LogP contribution >= 0.6 is 11.3 Å². The van der Waals surface area contributed by atoms with Crippen LogP contribution in [0.3, 0.4) is 0 Å². The SMILES string of the molecule is CC1(C)c2ccc(-c3ccc4oc5ccc(-c6c7ccccc7c(-c7ccc(-c8cccc9c8oc8ccccc89)cc7)c7ccccc67)cc5c4c3)cc2-c2c1ccc1ccccc21.CC1(C)c2ccc(-c3ccc4oc5ccc(-c6c7ccccc7c(-c7cccc8c7sc7ccccc78)c7ccccc67)cc5c4c3)cc2-c2c1ccc1ccccc21. The lowest BCUT2D eigenvalue weighted by Crippen LogP contribution is -2.14. The van der Waals surface area contributed by atoms with Crippen molar-refractivity contribution < 1.29 is 13.3 Å². The van der Waals surface area contributed by atoms with Gasteiger partial charge in [0.05, 0.1) is 0 Å². The second-order valence-electron chi connectivity index (χ2n) is 35.1. The monoisotopic (exact) mass is 1600 g/mol. The zero-order chi connectivity index (χ0) is 82.0. The lowest BCUT2D eigenvalue weighted by molar-refractivity contribution is 0.661. The number of para-hydroxylation sites is 2. The van der Waals surface area contributed by atoms with Gasteiger partial charge in [0.15, 0.2) is 0 Å². The van der Waals surface area contributed by atoms with Crippen LogP contribution in [0.25, 0.3) is 251 Å². The van der Waals surface area contributed by atoms with Crippen molar-refractivity contribution in [2.75, 3.05) is 0 Å². The zero-order valence-corrected chi connectivity index (χ0v) is 69.4. The molecule has 2 aliphatic carbocycles. The number of furan rings is 3. The fourth-order valence-electron chi connectivity index (χ4n) is 21.8. The van der Waals surface area contributed by atoms with Crippen molar-refractivity contribution in [1.29, 1.82) is 0 Å². The van der Waals surface area contributed by atoms with E-state index in [-0.39, 0.29) is 10.8 Å². The summed E-state index contributed by atoms with van der Waals surface area (Å²) in [5.41, 5.74) is 33.1. The van der Waals surface area contributed by atoms with Crippen molar-refractivity contribution in [2.24, 2.45) is 0 Å². The van der Waals surface area contributed by atoms with Crippen LogP contribution < -0.4 is 0 Å². The molecule has 0 bridgehead atoms. The third kappa shape index (κ3) is 10.4. The zero-order valence-electron chi connectivity index (χ0n) is 68.6. The molecule has 4 aromatic heterocycles. The van der Waals surface area contributed by atoms with Gasteiger partial charge in [-0.1, -0.05) is 343 Å². The Labute approximate surface area is 719 Å². The van der Waals surface area contributed by atoms with Gasteiger partial charge in [-0.05, 0) is 249 Å². The molecule has 0 saturated carbocycles. The maximum atomic E-state index is 6.56. The molecule has 0 unspecified atom stereocenters. The minimum atomic E-state index is -0.0714. The molecule has 0 saturated heterocycles. The summed E-state index contributed by atoms with van der Waals surface area (Å²) < 4.78 is 22.2. The maximum absolute atomic E-state index is 6.56. The van der Waals surface area contributed by atoms with Crippen LogP contribution in [0, 0.1) is 0 Å². The first kappa shape index (κ1) is 70.6. The highest BCUT2D eigenvalue weighted by Gasteiger charge is 2.39. The Kier molecular flexibility index (Phi) is 15.2. The van der Waals surface area contributed by atoms with Crippen LogP contribution in [-0.2, 0) is 10.8 Å². The van der Waals surface area contributed by atoms with Crippen molar-refractivity contribution >= 4 is 162 Å². The second-order valence-corrected chi connectivity index (χ2v) is 36.1. The van der Waals surface area contributed by atoms with Crippen LogP contribution in [0.5, 0.6) is 0 Å². The van der Waals surface area contributed by atoms with E-state index in [4.69, 9.17) is 13.3 Å². The van der Waals surface area contributed by atoms with Gasteiger partial charge in [0.1, 0.15) is 33.5 Å². The van der Waals surface area contributed by atoms with Crippen LogP contribution in [0.15, 0.2) is 401 Å². The number of fused-ring (bicyclic) bond motifs is 26. The molecule has 0 atom stereocenters. The first-order valence-electron chi connectivity index (χ1n) is 43.1. The Bertz CT molecular complexity index is 8830. The lowest BCUT2D eigenvalue weighted by atomic mass is 9.82. The largest absolute Gasteiger partial charge is 0.456 e. The summed E-state index contributed by atoms with van der Waals surface area (Å²) in [4.78, 5) is 0. The first-order chi connectivity index (χ1) is 61.0. The molecule has 0 amide bonds. The Morgan fingerprint density at radius 1 is 0.185 bits per heavy atom.